The van der Waals surface area contributed by atoms with E-state index < -0.39 is 5.82 Å². The van der Waals surface area contributed by atoms with E-state index in [9.17, 15) is 9.18 Å². The van der Waals surface area contributed by atoms with Crippen LogP contribution in [0.2, 0.25) is 0 Å². The number of ether oxygens (including phenoxy) is 1. The fourth-order valence-corrected chi connectivity index (χ4v) is 2.56. The molecule has 0 spiro atoms. The maximum Gasteiger partial charge on any atom is 0.253 e. The number of hydrogen-bond acceptors (Lipinski definition) is 2. The molecule has 4 heteroatoms. The Hall–Kier alpha value is -1.58. The highest BCUT2D eigenvalue weighted by molar-refractivity contribution is 5.94. The van der Waals surface area contributed by atoms with Crippen LogP contribution in [-0.2, 0) is 0 Å². The van der Waals surface area contributed by atoms with Gasteiger partial charge in [0.2, 0.25) is 0 Å². The van der Waals surface area contributed by atoms with Gasteiger partial charge in [-0.05, 0) is 37.0 Å². The highest BCUT2D eigenvalue weighted by Crippen LogP contribution is 2.23. The summed E-state index contributed by atoms with van der Waals surface area (Å²) in [6.45, 7) is 3.69. The lowest BCUT2D eigenvalue weighted by molar-refractivity contribution is 0.0670. The van der Waals surface area contributed by atoms with E-state index >= 15 is 0 Å². The summed E-state index contributed by atoms with van der Waals surface area (Å²) in [4.78, 5) is 14.2. The predicted molar refractivity (Wildman–Crippen MR) is 71.9 cm³/mol. The lowest BCUT2D eigenvalue weighted by Crippen LogP contribution is -2.39. The molecule has 1 unspecified atom stereocenters. The Labute approximate surface area is 113 Å². The molecule has 3 nitrogen and oxygen atoms in total. The fraction of sp³-hybridized carbons (Fsp3) is 0.533. The number of piperidine rings is 1. The first-order valence-corrected chi connectivity index (χ1v) is 6.78. The molecule has 0 bridgehead atoms. The average molecular weight is 265 g/mol. The van der Waals surface area contributed by atoms with Crippen LogP contribution < -0.4 is 4.74 Å². The largest absolute Gasteiger partial charge is 0.494 e. The van der Waals surface area contributed by atoms with E-state index in [0.29, 0.717) is 11.5 Å². The summed E-state index contributed by atoms with van der Waals surface area (Å²) in [6.07, 6.45) is 3.29. The van der Waals surface area contributed by atoms with Gasteiger partial charge in [-0.15, -0.1) is 0 Å². The van der Waals surface area contributed by atoms with Gasteiger partial charge in [0.1, 0.15) is 0 Å². The number of carbonyl (C=O) groups is 1. The summed E-state index contributed by atoms with van der Waals surface area (Å²) in [5, 5.41) is 0. The van der Waals surface area contributed by atoms with Crippen LogP contribution in [0.3, 0.4) is 0 Å². The second-order valence-corrected chi connectivity index (χ2v) is 5.02. The molecule has 1 aromatic rings. The van der Waals surface area contributed by atoms with Crippen molar-refractivity contribution < 1.29 is 13.9 Å². The maximum atomic E-state index is 13.6. The molecule has 0 N–H and O–H groups in total. The van der Waals surface area contributed by atoms with Crippen molar-refractivity contribution in [1.82, 2.24) is 4.90 Å². The van der Waals surface area contributed by atoms with Gasteiger partial charge in [-0.25, -0.2) is 4.39 Å². The van der Waals surface area contributed by atoms with E-state index in [1.165, 1.54) is 25.7 Å². The summed E-state index contributed by atoms with van der Waals surface area (Å²) in [5.41, 5.74) is 0.398. The standard InChI is InChI=1S/C15H20FNO2/c1-3-11-5-4-8-17(10-11)15(18)12-6-7-14(19-2)13(16)9-12/h6-7,9,11H,3-5,8,10H2,1-2H3. The topological polar surface area (TPSA) is 29.5 Å². The lowest BCUT2D eigenvalue weighted by Gasteiger charge is -2.32. The van der Waals surface area contributed by atoms with Crippen LogP contribution in [0.1, 0.15) is 36.5 Å². The molecule has 1 heterocycles. The van der Waals surface area contributed by atoms with Crippen molar-refractivity contribution in [1.29, 1.82) is 0 Å². The van der Waals surface area contributed by atoms with Gasteiger partial charge in [-0.2, -0.15) is 0 Å². The molecule has 1 aromatic carbocycles. The van der Waals surface area contributed by atoms with Gasteiger partial charge < -0.3 is 9.64 Å². The Bertz CT molecular complexity index is 461. The third kappa shape index (κ3) is 3.06. The Morgan fingerprint density at radius 3 is 2.95 bits per heavy atom. The number of carbonyl (C=O) groups excluding carboxylic acids is 1. The minimum atomic E-state index is -0.489. The van der Waals surface area contributed by atoms with Gasteiger partial charge in [0.05, 0.1) is 7.11 Å². The van der Waals surface area contributed by atoms with Crippen molar-refractivity contribution in [3.63, 3.8) is 0 Å². The normalized spacial score (nSPS) is 19.3. The number of methoxy groups -OCH3 is 1. The van der Waals surface area contributed by atoms with Gasteiger partial charge in [0.25, 0.3) is 5.91 Å². The Kier molecular flexibility index (Phi) is 4.40. The number of rotatable bonds is 3. The predicted octanol–water partition coefficient (Wildman–Crippen LogP) is 3.10. The van der Waals surface area contributed by atoms with Crippen molar-refractivity contribution in [2.45, 2.75) is 26.2 Å². The van der Waals surface area contributed by atoms with Crippen LogP contribution >= 0.6 is 0 Å². The summed E-state index contributed by atoms with van der Waals surface area (Å²) in [7, 11) is 1.41. The van der Waals surface area contributed by atoms with Crippen LogP contribution in [0.4, 0.5) is 4.39 Å². The average Bonchev–Trinajstić information content (AvgIpc) is 2.46. The second kappa shape index (κ2) is 6.04. The molecular formula is C15H20FNO2. The van der Waals surface area contributed by atoms with Crippen molar-refractivity contribution in [3.05, 3.63) is 29.6 Å². The quantitative estimate of drug-likeness (QED) is 0.840. The molecule has 2 rings (SSSR count). The first kappa shape index (κ1) is 13.8. The first-order chi connectivity index (χ1) is 9.15. The van der Waals surface area contributed by atoms with Gasteiger partial charge in [-0.3, -0.25) is 4.79 Å². The first-order valence-electron chi connectivity index (χ1n) is 6.78. The van der Waals surface area contributed by atoms with Crippen molar-refractivity contribution in [3.8, 4) is 5.75 Å². The van der Waals surface area contributed by atoms with E-state index in [0.717, 1.165) is 25.9 Å². The Morgan fingerprint density at radius 2 is 2.32 bits per heavy atom. The Balaban J connectivity index is 2.12. The number of likely N-dealkylation sites (tertiary alicyclic amines) is 1. The molecule has 1 aliphatic rings. The summed E-state index contributed by atoms with van der Waals surface area (Å²) >= 11 is 0. The minimum absolute atomic E-state index is 0.0836. The molecule has 1 amide bonds. The molecule has 0 saturated carbocycles. The van der Waals surface area contributed by atoms with Crippen LogP contribution in [0.25, 0.3) is 0 Å². The number of hydrogen-bond donors (Lipinski definition) is 0. The monoisotopic (exact) mass is 265 g/mol. The van der Waals surface area contributed by atoms with E-state index in [1.807, 2.05) is 4.90 Å². The number of halogens is 1. The van der Waals surface area contributed by atoms with E-state index in [1.54, 1.807) is 6.07 Å². The molecule has 0 aliphatic carbocycles. The second-order valence-electron chi connectivity index (χ2n) is 5.02. The molecule has 1 fully saturated rings. The zero-order chi connectivity index (χ0) is 13.8. The number of nitrogens with zero attached hydrogens (tertiary/aromatic N) is 1. The lowest BCUT2D eigenvalue weighted by atomic mass is 9.95. The van der Waals surface area contributed by atoms with Crippen molar-refractivity contribution in [2.75, 3.05) is 20.2 Å². The number of benzene rings is 1. The van der Waals surface area contributed by atoms with Crippen LogP contribution in [-0.4, -0.2) is 31.0 Å². The number of amides is 1. The fourth-order valence-electron chi connectivity index (χ4n) is 2.56. The van der Waals surface area contributed by atoms with E-state index in [-0.39, 0.29) is 11.7 Å². The van der Waals surface area contributed by atoms with Crippen molar-refractivity contribution >= 4 is 5.91 Å². The van der Waals surface area contributed by atoms with Gasteiger partial charge in [-0.1, -0.05) is 13.3 Å². The zero-order valence-electron chi connectivity index (χ0n) is 11.5. The molecule has 19 heavy (non-hydrogen) atoms. The molecule has 1 saturated heterocycles. The minimum Gasteiger partial charge on any atom is -0.494 e. The third-order valence-corrected chi connectivity index (χ3v) is 3.78. The van der Waals surface area contributed by atoms with Gasteiger partial charge in [0.15, 0.2) is 11.6 Å². The van der Waals surface area contributed by atoms with Crippen LogP contribution in [0.5, 0.6) is 5.75 Å². The molecule has 0 radical (unpaired) electrons. The summed E-state index contributed by atoms with van der Waals surface area (Å²) in [6, 6.07) is 4.39. The SMILES string of the molecule is CCC1CCCN(C(=O)c2ccc(OC)c(F)c2)C1. The van der Waals surface area contributed by atoms with Crippen LogP contribution in [0.15, 0.2) is 18.2 Å². The maximum absolute atomic E-state index is 13.6. The Morgan fingerprint density at radius 1 is 1.53 bits per heavy atom. The molecule has 1 atom stereocenters. The third-order valence-electron chi connectivity index (χ3n) is 3.78. The smallest absolute Gasteiger partial charge is 0.253 e. The van der Waals surface area contributed by atoms with Crippen LogP contribution in [0, 0.1) is 11.7 Å². The molecule has 104 valence electrons. The highest BCUT2D eigenvalue weighted by Gasteiger charge is 2.24. The molecular weight excluding hydrogens is 245 g/mol. The van der Waals surface area contributed by atoms with E-state index in [2.05, 4.69) is 6.92 Å². The summed E-state index contributed by atoms with van der Waals surface area (Å²) < 4.78 is 18.5. The van der Waals surface area contributed by atoms with Gasteiger partial charge in [0, 0.05) is 18.7 Å². The highest BCUT2D eigenvalue weighted by atomic mass is 19.1. The zero-order valence-corrected chi connectivity index (χ0v) is 11.5. The van der Waals surface area contributed by atoms with E-state index in [4.69, 9.17) is 4.74 Å². The van der Waals surface area contributed by atoms with Crippen molar-refractivity contribution in [2.24, 2.45) is 5.92 Å². The van der Waals surface area contributed by atoms with Gasteiger partial charge >= 0.3 is 0 Å². The summed E-state index contributed by atoms with van der Waals surface area (Å²) in [5.74, 6) is 0.166. The molecule has 0 aromatic heterocycles. The molecule has 1 aliphatic heterocycles.